The number of carbonyl (C=O) groups excluding carboxylic acids is 1. The van der Waals surface area contributed by atoms with Gasteiger partial charge in [0.25, 0.3) is 0 Å². The Morgan fingerprint density at radius 1 is 1.39 bits per heavy atom. The Labute approximate surface area is 102 Å². The van der Waals surface area contributed by atoms with Gasteiger partial charge in [0.2, 0.25) is 0 Å². The molecule has 1 rings (SSSR count). The average molecular weight is 257 g/mol. The van der Waals surface area contributed by atoms with Crippen LogP contribution in [0.5, 0.6) is 5.75 Å². The van der Waals surface area contributed by atoms with Gasteiger partial charge in [-0.2, -0.15) is 0 Å². The van der Waals surface area contributed by atoms with E-state index in [-0.39, 0.29) is 19.0 Å². The van der Waals surface area contributed by atoms with E-state index in [0.29, 0.717) is 0 Å². The van der Waals surface area contributed by atoms with E-state index in [1.807, 2.05) is 0 Å². The maximum absolute atomic E-state index is 13.6. The lowest BCUT2D eigenvalue weighted by Crippen LogP contribution is -2.09. The topological polar surface area (TPSA) is 78.7 Å². The van der Waals surface area contributed by atoms with Gasteiger partial charge in [0, 0.05) is 12.1 Å². The molecule has 7 heteroatoms. The van der Waals surface area contributed by atoms with Gasteiger partial charge in [-0.05, 0) is 13.8 Å². The Balaban J connectivity index is 3.26. The van der Waals surface area contributed by atoms with E-state index in [1.165, 1.54) is 0 Å². The van der Waals surface area contributed by atoms with Gasteiger partial charge in [0.15, 0.2) is 5.75 Å². The van der Waals surface area contributed by atoms with Crippen LogP contribution in [0, 0.1) is 15.9 Å². The number of nitro groups is 1. The van der Waals surface area contributed by atoms with Gasteiger partial charge < -0.3 is 9.47 Å². The second-order valence-corrected chi connectivity index (χ2v) is 3.21. The first-order chi connectivity index (χ1) is 8.51. The minimum atomic E-state index is -0.943. The maximum atomic E-state index is 13.6. The van der Waals surface area contributed by atoms with Gasteiger partial charge in [-0.25, -0.2) is 9.18 Å². The van der Waals surface area contributed by atoms with E-state index in [9.17, 15) is 19.3 Å². The minimum Gasteiger partial charge on any atom is -0.487 e. The third kappa shape index (κ3) is 2.93. The largest absolute Gasteiger partial charge is 0.487 e. The summed E-state index contributed by atoms with van der Waals surface area (Å²) in [4.78, 5) is 21.4. The predicted octanol–water partition coefficient (Wildman–Crippen LogP) is 2.31. The van der Waals surface area contributed by atoms with Gasteiger partial charge in [-0.3, -0.25) is 10.1 Å². The third-order valence-electron chi connectivity index (χ3n) is 2.04. The molecule has 0 heterocycles. The van der Waals surface area contributed by atoms with E-state index in [1.54, 1.807) is 13.8 Å². The highest BCUT2D eigenvalue weighted by atomic mass is 19.1. The molecule has 0 N–H and O–H groups in total. The second-order valence-electron chi connectivity index (χ2n) is 3.21. The summed E-state index contributed by atoms with van der Waals surface area (Å²) in [5.41, 5.74) is -0.951. The van der Waals surface area contributed by atoms with Crippen molar-refractivity contribution in [1.29, 1.82) is 0 Å². The van der Waals surface area contributed by atoms with Crippen LogP contribution in [0.1, 0.15) is 24.2 Å². The third-order valence-corrected chi connectivity index (χ3v) is 2.04. The molecule has 0 aliphatic heterocycles. The quantitative estimate of drug-likeness (QED) is 0.459. The summed E-state index contributed by atoms with van der Waals surface area (Å²) in [6, 6.07) is 1.63. The number of hydrogen-bond acceptors (Lipinski definition) is 5. The van der Waals surface area contributed by atoms with E-state index in [2.05, 4.69) is 4.74 Å². The zero-order valence-corrected chi connectivity index (χ0v) is 9.94. The maximum Gasteiger partial charge on any atom is 0.341 e. The molecule has 1 aromatic carbocycles. The zero-order chi connectivity index (χ0) is 13.7. The summed E-state index contributed by atoms with van der Waals surface area (Å²) in [5.74, 6) is -2.07. The molecular formula is C11H12FNO5. The molecule has 1 aromatic rings. The monoisotopic (exact) mass is 257 g/mol. The van der Waals surface area contributed by atoms with Crippen LogP contribution in [0.4, 0.5) is 10.1 Å². The molecule has 0 aliphatic rings. The number of halogens is 1. The van der Waals surface area contributed by atoms with E-state index in [4.69, 9.17) is 4.74 Å². The lowest BCUT2D eigenvalue weighted by atomic mass is 10.1. The number of ether oxygens (including phenoxy) is 2. The van der Waals surface area contributed by atoms with Crippen molar-refractivity contribution in [1.82, 2.24) is 0 Å². The number of nitro benzene ring substituents is 1. The fourth-order valence-electron chi connectivity index (χ4n) is 1.32. The van der Waals surface area contributed by atoms with Crippen molar-refractivity contribution < 1.29 is 23.6 Å². The number of benzene rings is 1. The predicted molar refractivity (Wildman–Crippen MR) is 60.2 cm³/mol. The van der Waals surface area contributed by atoms with Crippen LogP contribution >= 0.6 is 0 Å². The fraction of sp³-hybridized carbons (Fsp3) is 0.364. The molecule has 0 fully saturated rings. The number of esters is 1. The van der Waals surface area contributed by atoms with Crippen LogP contribution in [-0.2, 0) is 4.74 Å². The summed E-state index contributed by atoms with van der Waals surface area (Å²) < 4.78 is 23.1. The van der Waals surface area contributed by atoms with Crippen LogP contribution in [0.3, 0.4) is 0 Å². The molecule has 18 heavy (non-hydrogen) atoms. The molecule has 0 aliphatic carbocycles. The molecule has 0 aromatic heterocycles. The van der Waals surface area contributed by atoms with Crippen LogP contribution in [0.15, 0.2) is 12.1 Å². The molecular weight excluding hydrogens is 245 g/mol. The Kier molecular flexibility index (Phi) is 4.59. The highest BCUT2D eigenvalue weighted by molar-refractivity contribution is 5.91. The van der Waals surface area contributed by atoms with Crippen molar-refractivity contribution in [2.45, 2.75) is 13.8 Å². The Bertz CT molecular complexity index is 475. The Morgan fingerprint density at radius 3 is 2.56 bits per heavy atom. The first-order valence-corrected chi connectivity index (χ1v) is 5.29. The van der Waals surface area contributed by atoms with Gasteiger partial charge >= 0.3 is 11.7 Å². The SMILES string of the molecule is CCOC(=O)c1cc([N+](=O)[O-])c(OCC)cc1F. The zero-order valence-electron chi connectivity index (χ0n) is 9.94. The molecule has 0 bridgehead atoms. The molecule has 0 atom stereocenters. The van der Waals surface area contributed by atoms with Crippen molar-refractivity contribution in [3.8, 4) is 5.75 Å². The van der Waals surface area contributed by atoms with Gasteiger partial charge in [-0.15, -0.1) is 0 Å². The fourth-order valence-corrected chi connectivity index (χ4v) is 1.32. The van der Waals surface area contributed by atoms with Crippen molar-refractivity contribution in [2.24, 2.45) is 0 Å². The minimum absolute atomic E-state index is 0.0548. The normalized spacial score (nSPS) is 9.94. The van der Waals surface area contributed by atoms with E-state index >= 15 is 0 Å². The van der Waals surface area contributed by atoms with Crippen LogP contribution in [0.2, 0.25) is 0 Å². The first-order valence-electron chi connectivity index (χ1n) is 5.29. The molecule has 0 radical (unpaired) electrons. The average Bonchev–Trinajstić information content (AvgIpc) is 2.29. The summed E-state index contributed by atoms with van der Waals surface area (Å²) in [6.07, 6.45) is 0. The number of carbonyl (C=O) groups is 1. The summed E-state index contributed by atoms with van der Waals surface area (Å²) >= 11 is 0. The van der Waals surface area contributed by atoms with Crippen molar-refractivity contribution in [2.75, 3.05) is 13.2 Å². The number of nitrogens with zero attached hydrogens (tertiary/aromatic N) is 1. The van der Waals surface area contributed by atoms with Crippen molar-refractivity contribution in [3.63, 3.8) is 0 Å². The molecule has 6 nitrogen and oxygen atoms in total. The molecule has 0 unspecified atom stereocenters. The van der Waals surface area contributed by atoms with Crippen LogP contribution in [-0.4, -0.2) is 24.1 Å². The van der Waals surface area contributed by atoms with E-state index < -0.39 is 28.0 Å². The van der Waals surface area contributed by atoms with Gasteiger partial charge in [-0.1, -0.05) is 0 Å². The van der Waals surface area contributed by atoms with Crippen molar-refractivity contribution >= 4 is 11.7 Å². The summed E-state index contributed by atoms with van der Waals surface area (Å²) in [6.45, 7) is 3.37. The Hall–Kier alpha value is -2.18. The molecule has 0 saturated carbocycles. The number of rotatable bonds is 5. The molecule has 98 valence electrons. The van der Waals surface area contributed by atoms with Crippen molar-refractivity contribution in [3.05, 3.63) is 33.6 Å². The van der Waals surface area contributed by atoms with Crippen LogP contribution < -0.4 is 4.74 Å². The first kappa shape index (κ1) is 13.9. The highest BCUT2D eigenvalue weighted by Gasteiger charge is 2.23. The second kappa shape index (κ2) is 5.95. The standard InChI is InChI=1S/C11H12FNO5/c1-3-17-10-6-8(12)7(11(14)18-4-2)5-9(10)13(15)16/h5-6H,3-4H2,1-2H3. The number of hydrogen-bond donors (Lipinski definition) is 0. The van der Waals surface area contributed by atoms with Gasteiger partial charge in [0.1, 0.15) is 11.4 Å². The lowest BCUT2D eigenvalue weighted by Gasteiger charge is -2.07. The van der Waals surface area contributed by atoms with Crippen LogP contribution in [0.25, 0.3) is 0 Å². The summed E-state index contributed by atoms with van der Waals surface area (Å²) in [5, 5.41) is 10.8. The smallest absolute Gasteiger partial charge is 0.341 e. The Morgan fingerprint density at radius 2 is 2.06 bits per heavy atom. The van der Waals surface area contributed by atoms with E-state index in [0.717, 1.165) is 12.1 Å². The molecule has 0 amide bonds. The van der Waals surface area contributed by atoms with Gasteiger partial charge in [0.05, 0.1) is 18.1 Å². The molecule has 0 spiro atoms. The lowest BCUT2D eigenvalue weighted by molar-refractivity contribution is -0.385. The summed E-state index contributed by atoms with van der Waals surface area (Å²) in [7, 11) is 0. The highest BCUT2D eigenvalue weighted by Crippen LogP contribution is 2.30. The molecule has 0 saturated heterocycles.